The number of anilines is 1. The molecule has 0 unspecified atom stereocenters. The van der Waals surface area contributed by atoms with Crippen molar-refractivity contribution in [2.24, 2.45) is 0 Å². The zero-order chi connectivity index (χ0) is 11.4. The summed E-state index contributed by atoms with van der Waals surface area (Å²) < 4.78 is 1.60. The Morgan fingerprint density at radius 1 is 1.38 bits per heavy atom. The average Bonchev–Trinajstić information content (AvgIpc) is 2.66. The first-order valence-electron chi connectivity index (χ1n) is 4.79. The highest BCUT2D eigenvalue weighted by Crippen LogP contribution is 2.04. The summed E-state index contributed by atoms with van der Waals surface area (Å²) in [5.74, 6) is -0.122. The summed E-state index contributed by atoms with van der Waals surface area (Å²) >= 11 is 1.30. The number of benzene rings is 1. The molecule has 0 bridgehead atoms. The summed E-state index contributed by atoms with van der Waals surface area (Å²) in [6.07, 6.45) is 1.73. The first kappa shape index (κ1) is 10.6. The van der Waals surface area contributed by atoms with Gasteiger partial charge in [-0.25, -0.2) is 0 Å². The van der Waals surface area contributed by atoms with Gasteiger partial charge in [0.25, 0.3) is 0 Å². The molecule has 2 rings (SSSR count). The summed E-state index contributed by atoms with van der Waals surface area (Å²) in [5.41, 5.74) is 0.773. The maximum absolute atomic E-state index is 11.6. The molecule has 0 saturated carbocycles. The van der Waals surface area contributed by atoms with Gasteiger partial charge in [0.05, 0.1) is 0 Å². The lowest BCUT2D eigenvalue weighted by molar-refractivity contribution is -0.116. The topological polar surface area (TPSA) is 57.9 Å². The molecule has 0 radical (unpaired) electrons. The Hall–Kier alpha value is -1.88. The molecule has 5 heteroatoms. The molecule has 2 aromatic rings. The third kappa shape index (κ3) is 2.58. The molecule has 2 N–H and O–H groups in total. The van der Waals surface area contributed by atoms with Crippen LogP contribution in [0.5, 0.6) is 0 Å². The monoisotopic (exact) mass is 233 g/mol. The Morgan fingerprint density at radius 3 is 2.75 bits per heavy atom. The van der Waals surface area contributed by atoms with Crippen LogP contribution in [0.25, 0.3) is 0 Å². The van der Waals surface area contributed by atoms with Crippen molar-refractivity contribution in [3.8, 4) is 0 Å². The fourth-order valence-electron chi connectivity index (χ4n) is 1.30. The third-order valence-corrected chi connectivity index (χ3v) is 2.77. The molecule has 1 heterocycles. The van der Waals surface area contributed by atoms with Gasteiger partial charge in [-0.3, -0.25) is 10.2 Å². The van der Waals surface area contributed by atoms with Crippen LogP contribution in [0.2, 0.25) is 0 Å². The molecule has 0 saturated heterocycles. The van der Waals surface area contributed by atoms with Crippen molar-refractivity contribution in [2.45, 2.75) is 6.54 Å². The molecular formula is C11H11N3OS. The van der Waals surface area contributed by atoms with Crippen molar-refractivity contribution in [3.63, 3.8) is 0 Å². The van der Waals surface area contributed by atoms with E-state index in [2.05, 4.69) is 5.32 Å². The van der Waals surface area contributed by atoms with Crippen LogP contribution in [0.15, 0.2) is 41.9 Å². The first-order valence-corrected chi connectivity index (χ1v) is 5.67. The largest absolute Gasteiger partial charge is 0.325 e. The molecular weight excluding hydrogens is 222 g/mol. The summed E-state index contributed by atoms with van der Waals surface area (Å²) in [4.78, 5) is 12.0. The number of rotatable bonds is 3. The minimum atomic E-state index is -0.122. The standard InChI is InChI=1S/C11H11N3OS/c12-11-14(6-7-16-11)8-10(15)13-9-4-2-1-3-5-9/h1-7,12H,8H2,(H,13,15). The second-order valence-electron chi connectivity index (χ2n) is 3.25. The van der Waals surface area contributed by atoms with E-state index < -0.39 is 0 Å². The van der Waals surface area contributed by atoms with Crippen molar-refractivity contribution in [2.75, 3.05) is 5.32 Å². The van der Waals surface area contributed by atoms with E-state index >= 15 is 0 Å². The number of hydrogen-bond acceptors (Lipinski definition) is 3. The Labute approximate surface area is 96.7 Å². The lowest BCUT2D eigenvalue weighted by Crippen LogP contribution is -2.23. The van der Waals surface area contributed by atoms with Crippen LogP contribution in [0.4, 0.5) is 5.69 Å². The lowest BCUT2D eigenvalue weighted by Gasteiger charge is -2.05. The minimum Gasteiger partial charge on any atom is -0.325 e. The minimum absolute atomic E-state index is 0.122. The van der Waals surface area contributed by atoms with E-state index in [9.17, 15) is 4.79 Å². The maximum Gasteiger partial charge on any atom is 0.244 e. The smallest absolute Gasteiger partial charge is 0.244 e. The van der Waals surface area contributed by atoms with Crippen LogP contribution < -0.4 is 10.1 Å². The number of hydrogen-bond donors (Lipinski definition) is 2. The second-order valence-corrected chi connectivity index (χ2v) is 4.14. The predicted octanol–water partition coefficient (Wildman–Crippen LogP) is 1.67. The van der Waals surface area contributed by atoms with E-state index in [0.717, 1.165) is 5.69 Å². The molecule has 0 atom stereocenters. The molecule has 1 amide bonds. The number of thiazole rings is 1. The van der Waals surface area contributed by atoms with Crippen LogP contribution in [0.1, 0.15) is 0 Å². The third-order valence-electron chi connectivity index (χ3n) is 2.05. The molecule has 1 aromatic heterocycles. The van der Waals surface area contributed by atoms with E-state index in [1.165, 1.54) is 11.3 Å². The van der Waals surface area contributed by atoms with E-state index in [1.807, 2.05) is 30.3 Å². The van der Waals surface area contributed by atoms with Crippen LogP contribution in [0.3, 0.4) is 0 Å². The molecule has 0 spiro atoms. The molecule has 4 nitrogen and oxygen atoms in total. The summed E-state index contributed by atoms with van der Waals surface area (Å²) in [6, 6.07) is 9.29. The fraction of sp³-hybridized carbons (Fsp3) is 0.0909. The van der Waals surface area contributed by atoms with Gasteiger partial charge in [0.1, 0.15) is 6.54 Å². The van der Waals surface area contributed by atoms with Crippen molar-refractivity contribution in [1.82, 2.24) is 4.57 Å². The average molecular weight is 233 g/mol. The van der Waals surface area contributed by atoms with E-state index in [4.69, 9.17) is 5.41 Å². The van der Waals surface area contributed by atoms with Crippen LogP contribution in [-0.4, -0.2) is 10.5 Å². The zero-order valence-electron chi connectivity index (χ0n) is 8.51. The van der Waals surface area contributed by atoms with E-state index in [-0.39, 0.29) is 12.5 Å². The van der Waals surface area contributed by atoms with Crippen LogP contribution in [0, 0.1) is 5.41 Å². The molecule has 0 aliphatic carbocycles. The lowest BCUT2D eigenvalue weighted by atomic mass is 10.3. The van der Waals surface area contributed by atoms with Gasteiger partial charge < -0.3 is 9.88 Å². The van der Waals surface area contributed by atoms with Gasteiger partial charge in [-0.05, 0) is 12.1 Å². The molecule has 82 valence electrons. The van der Waals surface area contributed by atoms with Gasteiger partial charge >= 0.3 is 0 Å². The van der Waals surface area contributed by atoms with Crippen molar-refractivity contribution in [3.05, 3.63) is 46.7 Å². The second kappa shape index (κ2) is 4.76. The van der Waals surface area contributed by atoms with Crippen molar-refractivity contribution in [1.29, 1.82) is 5.41 Å². The predicted molar refractivity (Wildman–Crippen MR) is 63.2 cm³/mol. The van der Waals surface area contributed by atoms with Gasteiger partial charge in [-0.1, -0.05) is 18.2 Å². The normalized spacial score (nSPS) is 10.0. The Morgan fingerprint density at radius 2 is 2.12 bits per heavy atom. The van der Waals surface area contributed by atoms with Gasteiger partial charge in [0.2, 0.25) is 5.91 Å². The van der Waals surface area contributed by atoms with Crippen molar-refractivity contribution >= 4 is 22.9 Å². The quantitative estimate of drug-likeness (QED) is 0.832. The molecule has 0 fully saturated rings. The van der Waals surface area contributed by atoms with Gasteiger partial charge in [0, 0.05) is 17.3 Å². The number of nitrogens with zero attached hydrogens (tertiary/aromatic N) is 1. The van der Waals surface area contributed by atoms with E-state index in [0.29, 0.717) is 4.80 Å². The number of amides is 1. The highest BCUT2D eigenvalue weighted by molar-refractivity contribution is 7.06. The molecule has 0 aliphatic heterocycles. The molecule has 1 aromatic carbocycles. The van der Waals surface area contributed by atoms with E-state index in [1.54, 1.807) is 16.1 Å². The highest BCUT2D eigenvalue weighted by Gasteiger charge is 2.03. The van der Waals surface area contributed by atoms with Gasteiger partial charge in [0.15, 0.2) is 4.80 Å². The molecule has 0 aliphatic rings. The summed E-state index contributed by atoms with van der Waals surface area (Å²) in [7, 11) is 0. The fourth-order valence-corrected chi connectivity index (χ4v) is 1.90. The summed E-state index contributed by atoms with van der Waals surface area (Å²) in [6.45, 7) is 0.178. The Kier molecular flexibility index (Phi) is 3.16. The molecule has 16 heavy (non-hydrogen) atoms. The summed E-state index contributed by atoms with van der Waals surface area (Å²) in [5, 5.41) is 12.1. The van der Waals surface area contributed by atoms with Crippen molar-refractivity contribution < 1.29 is 4.79 Å². The Balaban J connectivity index is 2.00. The first-order chi connectivity index (χ1) is 7.75. The number of carbonyl (C=O) groups excluding carboxylic acids is 1. The van der Waals surface area contributed by atoms with Gasteiger partial charge in [-0.15, -0.1) is 11.3 Å². The zero-order valence-corrected chi connectivity index (χ0v) is 9.33. The van der Waals surface area contributed by atoms with Crippen LogP contribution >= 0.6 is 11.3 Å². The number of para-hydroxylation sites is 1. The highest BCUT2D eigenvalue weighted by atomic mass is 32.1. The SMILES string of the molecule is N=c1sccn1CC(=O)Nc1ccccc1. The number of nitrogens with one attached hydrogen (secondary N) is 2. The number of aromatic nitrogens is 1. The maximum atomic E-state index is 11.6. The number of carbonyl (C=O) groups is 1. The van der Waals surface area contributed by atoms with Gasteiger partial charge in [-0.2, -0.15) is 0 Å². The van der Waals surface area contributed by atoms with Crippen LogP contribution in [-0.2, 0) is 11.3 Å². The Bertz CT molecular complexity index is 529.